The van der Waals surface area contributed by atoms with Gasteiger partial charge in [0.15, 0.2) is 0 Å². The number of pyridine rings is 1. The number of piperidine rings is 1. The summed E-state index contributed by atoms with van der Waals surface area (Å²) in [5, 5.41) is 4.56. The molecule has 1 unspecified atom stereocenters. The lowest BCUT2D eigenvalue weighted by atomic mass is 10.0. The van der Waals surface area contributed by atoms with Crippen LogP contribution in [0.15, 0.2) is 37.2 Å². The molecule has 118 valence electrons. The van der Waals surface area contributed by atoms with Gasteiger partial charge < -0.3 is 15.2 Å². The Kier molecular flexibility index (Phi) is 3.67. The highest BCUT2D eigenvalue weighted by molar-refractivity contribution is 6.02. The van der Waals surface area contributed by atoms with Gasteiger partial charge in [-0.05, 0) is 26.0 Å². The number of aromatic amines is 1. The lowest BCUT2D eigenvalue weighted by Gasteiger charge is -2.34. The molecule has 0 radical (unpaired) electrons. The van der Waals surface area contributed by atoms with Crippen LogP contribution < -0.4 is 10.2 Å². The van der Waals surface area contributed by atoms with E-state index in [0.29, 0.717) is 6.04 Å². The van der Waals surface area contributed by atoms with Gasteiger partial charge in [0.25, 0.3) is 0 Å². The van der Waals surface area contributed by atoms with Crippen LogP contribution >= 0.6 is 0 Å². The van der Waals surface area contributed by atoms with E-state index < -0.39 is 0 Å². The van der Waals surface area contributed by atoms with Gasteiger partial charge in [-0.3, -0.25) is 0 Å². The normalized spacial score (nSPS) is 18.5. The predicted octanol–water partition coefficient (Wildman–Crippen LogP) is 2.21. The largest absolute Gasteiger partial charge is 0.369 e. The molecule has 0 amide bonds. The highest BCUT2D eigenvalue weighted by Gasteiger charge is 2.22. The quantitative estimate of drug-likeness (QED) is 0.776. The Morgan fingerprint density at radius 2 is 2.17 bits per heavy atom. The second-order valence-electron chi connectivity index (χ2n) is 5.96. The number of fused-ring (bicyclic) bond motifs is 1. The van der Waals surface area contributed by atoms with Crippen molar-refractivity contribution in [3.63, 3.8) is 0 Å². The molecule has 0 bridgehead atoms. The van der Waals surface area contributed by atoms with Gasteiger partial charge in [-0.25, -0.2) is 15.0 Å². The molecular weight excluding hydrogens is 288 g/mol. The van der Waals surface area contributed by atoms with Gasteiger partial charge in [-0.2, -0.15) is 0 Å². The summed E-state index contributed by atoms with van der Waals surface area (Å²) in [6.07, 6.45) is 11.6. The Morgan fingerprint density at radius 1 is 1.30 bits per heavy atom. The van der Waals surface area contributed by atoms with Gasteiger partial charge in [0.05, 0.1) is 5.39 Å². The first kappa shape index (κ1) is 14.1. The topological polar surface area (TPSA) is 69.7 Å². The second kappa shape index (κ2) is 5.96. The molecule has 0 aromatic carbocycles. The van der Waals surface area contributed by atoms with Gasteiger partial charge in [0.2, 0.25) is 0 Å². The molecule has 0 spiro atoms. The Hall–Kier alpha value is -2.47. The molecule has 23 heavy (non-hydrogen) atoms. The summed E-state index contributed by atoms with van der Waals surface area (Å²) in [6.45, 7) is 2.10. The van der Waals surface area contributed by atoms with Crippen molar-refractivity contribution in [3.8, 4) is 11.1 Å². The van der Waals surface area contributed by atoms with Crippen LogP contribution in [-0.2, 0) is 0 Å². The molecular formula is C17H20N6. The maximum atomic E-state index is 4.48. The molecule has 1 fully saturated rings. The van der Waals surface area contributed by atoms with Crippen LogP contribution in [0, 0.1) is 0 Å². The summed E-state index contributed by atoms with van der Waals surface area (Å²) in [5.41, 5.74) is 4.26. The summed E-state index contributed by atoms with van der Waals surface area (Å²) >= 11 is 0. The number of anilines is 1. The van der Waals surface area contributed by atoms with Crippen molar-refractivity contribution in [2.75, 3.05) is 25.0 Å². The molecule has 1 atom stereocenters. The van der Waals surface area contributed by atoms with Crippen molar-refractivity contribution in [2.24, 2.45) is 0 Å². The van der Waals surface area contributed by atoms with Crippen molar-refractivity contribution >= 4 is 16.7 Å². The minimum atomic E-state index is 0.536. The first-order valence-corrected chi connectivity index (χ1v) is 8.00. The predicted molar refractivity (Wildman–Crippen MR) is 91.4 cm³/mol. The van der Waals surface area contributed by atoms with Gasteiger partial charge in [-0.1, -0.05) is 0 Å². The molecule has 6 nitrogen and oxygen atoms in total. The van der Waals surface area contributed by atoms with E-state index in [4.69, 9.17) is 0 Å². The molecule has 0 saturated carbocycles. The number of aromatic nitrogens is 4. The SMILES string of the molecule is CNC1CCCN(c2ccnc3[nH]cc(-c4cncnc4)c23)C1. The molecule has 4 heterocycles. The summed E-state index contributed by atoms with van der Waals surface area (Å²) < 4.78 is 0. The fourth-order valence-electron chi connectivity index (χ4n) is 3.40. The maximum absolute atomic E-state index is 4.48. The smallest absolute Gasteiger partial charge is 0.139 e. The van der Waals surface area contributed by atoms with E-state index in [0.717, 1.165) is 35.2 Å². The van der Waals surface area contributed by atoms with Gasteiger partial charge >= 0.3 is 0 Å². The van der Waals surface area contributed by atoms with Crippen molar-refractivity contribution in [1.82, 2.24) is 25.3 Å². The van der Waals surface area contributed by atoms with Crippen LogP contribution in [0.4, 0.5) is 5.69 Å². The minimum Gasteiger partial charge on any atom is -0.369 e. The molecule has 4 rings (SSSR count). The fraction of sp³-hybridized carbons (Fsp3) is 0.353. The summed E-state index contributed by atoms with van der Waals surface area (Å²) in [6, 6.07) is 2.65. The lowest BCUT2D eigenvalue weighted by molar-refractivity contribution is 0.450. The monoisotopic (exact) mass is 308 g/mol. The Labute approximate surface area is 135 Å². The Bertz CT molecular complexity index is 797. The first-order valence-electron chi connectivity index (χ1n) is 8.00. The third-order valence-electron chi connectivity index (χ3n) is 4.59. The summed E-state index contributed by atoms with van der Waals surface area (Å²) in [4.78, 5) is 18.5. The highest BCUT2D eigenvalue weighted by Crippen LogP contribution is 2.35. The third kappa shape index (κ3) is 2.55. The van der Waals surface area contributed by atoms with E-state index >= 15 is 0 Å². The Morgan fingerprint density at radius 3 is 3.00 bits per heavy atom. The van der Waals surface area contributed by atoms with Gasteiger partial charge in [0, 0.05) is 60.7 Å². The number of nitrogens with zero attached hydrogens (tertiary/aromatic N) is 4. The van der Waals surface area contributed by atoms with E-state index in [-0.39, 0.29) is 0 Å². The number of likely N-dealkylation sites (N-methyl/N-ethyl adjacent to an activating group) is 1. The molecule has 6 heteroatoms. The average Bonchev–Trinajstić information content (AvgIpc) is 3.06. The van der Waals surface area contributed by atoms with Crippen molar-refractivity contribution in [2.45, 2.75) is 18.9 Å². The molecule has 3 aromatic rings. The highest BCUT2D eigenvalue weighted by atomic mass is 15.2. The van der Waals surface area contributed by atoms with E-state index in [1.807, 2.05) is 31.8 Å². The van der Waals surface area contributed by atoms with E-state index in [1.165, 1.54) is 18.5 Å². The number of rotatable bonds is 3. The molecule has 1 saturated heterocycles. The number of hydrogen-bond donors (Lipinski definition) is 2. The average molecular weight is 308 g/mol. The summed E-state index contributed by atoms with van der Waals surface area (Å²) in [5.74, 6) is 0. The van der Waals surface area contributed by atoms with E-state index in [9.17, 15) is 0 Å². The van der Waals surface area contributed by atoms with Crippen molar-refractivity contribution in [3.05, 3.63) is 37.2 Å². The third-order valence-corrected chi connectivity index (χ3v) is 4.59. The zero-order chi connectivity index (χ0) is 15.6. The zero-order valence-corrected chi connectivity index (χ0v) is 13.2. The fourth-order valence-corrected chi connectivity index (χ4v) is 3.40. The standard InChI is InChI=1S/C17H20N6/c1-18-13-3-2-6-23(10-13)15-4-5-21-17-16(15)14(9-22-17)12-7-19-11-20-8-12/h4-5,7-9,11,13,18H,2-3,6,10H2,1H3,(H,21,22). The lowest BCUT2D eigenvalue weighted by Crippen LogP contribution is -2.44. The van der Waals surface area contributed by atoms with E-state index in [2.05, 4.69) is 36.2 Å². The van der Waals surface area contributed by atoms with Crippen molar-refractivity contribution < 1.29 is 0 Å². The van der Waals surface area contributed by atoms with Gasteiger partial charge in [-0.15, -0.1) is 0 Å². The molecule has 3 aromatic heterocycles. The van der Waals surface area contributed by atoms with Crippen LogP contribution in [0.5, 0.6) is 0 Å². The van der Waals surface area contributed by atoms with Crippen LogP contribution in [0.3, 0.4) is 0 Å². The van der Waals surface area contributed by atoms with Gasteiger partial charge in [0.1, 0.15) is 12.0 Å². The number of hydrogen-bond acceptors (Lipinski definition) is 5. The van der Waals surface area contributed by atoms with Crippen molar-refractivity contribution in [1.29, 1.82) is 0 Å². The van der Waals surface area contributed by atoms with Crippen LogP contribution in [0.1, 0.15) is 12.8 Å². The van der Waals surface area contributed by atoms with Crippen LogP contribution in [-0.4, -0.2) is 46.1 Å². The minimum absolute atomic E-state index is 0.536. The number of nitrogens with one attached hydrogen (secondary N) is 2. The molecule has 1 aliphatic rings. The van der Waals surface area contributed by atoms with Crippen LogP contribution in [0.25, 0.3) is 22.2 Å². The molecule has 2 N–H and O–H groups in total. The van der Waals surface area contributed by atoms with Crippen LogP contribution in [0.2, 0.25) is 0 Å². The number of H-pyrrole nitrogens is 1. The Balaban J connectivity index is 1.82. The summed E-state index contributed by atoms with van der Waals surface area (Å²) in [7, 11) is 2.04. The first-order chi connectivity index (χ1) is 11.4. The van der Waals surface area contributed by atoms with E-state index in [1.54, 1.807) is 6.33 Å². The molecule has 1 aliphatic heterocycles. The zero-order valence-electron chi connectivity index (χ0n) is 13.2. The molecule has 0 aliphatic carbocycles. The second-order valence-corrected chi connectivity index (χ2v) is 5.96. The maximum Gasteiger partial charge on any atom is 0.139 e.